The molecule has 2 aromatic carbocycles. The quantitative estimate of drug-likeness (QED) is 0.117. The first kappa shape index (κ1) is 36.4. The first-order valence-corrected chi connectivity index (χ1v) is 12.2. The molecule has 0 saturated carbocycles. The number of rotatable bonds is 9. The van der Waals surface area contributed by atoms with Gasteiger partial charge in [0.2, 0.25) is 0 Å². The van der Waals surface area contributed by atoms with E-state index in [1.165, 1.54) is 30.3 Å². The number of aliphatic carboxylic acids is 3. The van der Waals surface area contributed by atoms with E-state index in [2.05, 4.69) is 21.8 Å². The largest absolute Gasteiger partial charge is 0.508 e. The van der Waals surface area contributed by atoms with Crippen LogP contribution in [0.3, 0.4) is 0 Å². The number of benzene rings is 2. The van der Waals surface area contributed by atoms with E-state index in [0.29, 0.717) is 5.56 Å². The number of carboxylic acids is 3. The highest BCUT2D eigenvalue weighted by Crippen LogP contribution is 2.25. The monoisotopic (exact) mass is 579 g/mol. The molecule has 0 fully saturated rings. The van der Waals surface area contributed by atoms with Gasteiger partial charge in [0.25, 0.3) is 0 Å². The molecule has 0 radical (unpaired) electrons. The third-order valence-electron chi connectivity index (χ3n) is 4.95. The fourth-order valence-corrected chi connectivity index (χ4v) is 2.72. The fraction of sp³-hybridized carbons (Fsp3) is 0.296. The average Bonchev–Trinajstić information content (AvgIpc) is 2.93. The van der Waals surface area contributed by atoms with Gasteiger partial charge in [-0.05, 0) is 60.7 Å². The lowest BCUT2D eigenvalue weighted by Gasteiger charge is -2.06. The van der Waals surface area contributed by atoms with Gasteiger partial charge in [0.1, 0.15) is 23.6 Å². The van der Waals surface area contributed by atoms with Crippen LogP contribution in [0.1, 0.15) is 37.3 Å². The second-order valence-electron chi connectivity index (χ2n) is 8.31. The van der Waals surface area contributed by atoms with Gasteiger partial charge in [0.15, 0.2) is 11.5 Å². The molecular formula is C27H37N3O11. The molecule has 0 aromatic heterocycles. The molecule has 0 bridgehead atoms. The molecule has 3 rings (SSSR count). The van der Waals surface area contributed by atoms with Gasteiger partial charge in [0, 0.05) is 12.8 Å². The van der Waals surface area contributed by atoms with Crippen LogP contribution in [-0.2, 0) is 37.1 Å². The summed E-state index contributed by atoms with van der Waals surface area (Å²) in [5, 5.41) is 51.8. The molecular weight excluding hydrogens is 542 g/mol. The minimum absolute atomic E-state index is 0.114. The van der Waals surface area contributed by atoms with Crippen molar-refractivity contribution in [1.29, 1.82) is 0 Å². The van der Waals surface area contributed by atoms with Crippen LogP contribution in [0.15, 0.2) is 66.5 Å². The predicted octanol–water partition coefficient (Wildman–Crippen LogP) is 1.92. The second kappa shape index (κ2) is 20.3. The number of allylic oxidation sites excluding steroid dienone is 4. The summed E-state index contributed by atoms with van der Waals surface area (Å²) in [5.74, 6) is 2.23. The van der Waals surface area contributed by atoms with Gasteiger partial charge in [-0.25, -0.2) is 0 Å². The van der Waals surface area contributed by atoms with Crippen molar-refractivity contribution in [1.82, 2.24) is 0 Å². The van der Waals surface area contributed by atoms with Gasteiger partial charge in [-0.1, -0.05) is 42.3 Å². The van der Waals surface area contributed by atoms with Crippen LogP contribution in [0.2, 0.25) is 0 Å². The highest BCUT2D eigenvalue weighted by Gasteiger charge is 2.13. The van der Waals surface area contributed by atoms with E-state index in [4.69, 9.17) is 42.1 Å². The Hall–Kier alpha value is -4.63. The second-order valence-corrected chi connectivity index (χ2v) is 8.31. The van der Waals surface area contributed by atoms with Crippen molar-refractivity contribution in [2.45, 2.75) is 51.1 Å². The lowest BCUT2D eigenvalue weighted by molar-refractivity contribution is -0.268. The van der Waals surface area contributed by atoms with Crippen LogP contribution < -0.4 is 17.4 Å². The van der Waals surface area contributed by atoms with Crippen molar-refractivity contribution in [3.63, 3.8) is 0 Å². The summed E-state index contributed by atoms with van der Waals surface area (Å²) >= 11 is 0. The topological polar surface area (TPSA) is 269 Å². The summed E-state index contributed by atoms with van der Waals surface area (Å²) in [6, 6.07) is 8.52. The molecule has 1 aliphatic rings. The molecule has 0 saturated heterocycles. The predicted molar refractivity (Wildman–Crippen MR) is 147 cm³/mol. The van der Waals surface area contributed by atoms with E-state index in [0.717, 1.165) is 24.2 Å². The average molecular weight is 580 g/mol. The highest BCUT2D eigenvalue weighted by atomic mass is 17.3. The number of aromatic hydroxyl groups is 3. The van der Waals surface area contributed by atoms with E-state index >= 15 is 0 Å². The third-order valence-corrected chi connectivity index (χ3v) is 4.95. The molecule has 226 valence electrons. The molecule has 1 aliphatic carbocycles. The summed E-state index contributed by atoms with van der Waals surface area (Å²) in [7, 11) is 0. The molecule has 0 spiro atoms. The molecule has 14 heteroatoms. The van der Waals surface area contributed by atoms with Crippen LogP contribution in [0.5, 0.6) is 17.2 Å². The molecule has 2 aromatic rings. The van der Waals surface area contributed by atoms with Crippen LogP contribution >= 0.6 is 0 Å². The zero-order chi connectivity index (χ0) is 31.4. The third kappa shape index (κ3) is 17.6. The van der Waals surface area contributed by atoms with Crippen LogP contribution in [-0.4, -0.2) is 60.6 Å². The Morgan fingerprint density at radius 3 is 1.78 bits per heavy atom. The molecule has 12 N–H and O–H groups in total. The van der Waals surface area contributed by atoms with Gasteiger partial charge < -0.3 is 47.0 Å². The number of phenolic OH excluding ortho intramolecular Hbond substituents is 3. The summed E-state index contributed by atoms with van der Waals surface area (Å²) in [6.45, 7) is 1.60. The van der Waals surface area contributed by atoms with Crippen LogP contribution in [0, 0.1) is 0 Å². The lowest BCUT2D eigenvalue weighted by atomic mass is 10.1. The Balaban J connectivity index is 0.000000550. The molecule has 0 aliphatic heterocycles. The molecule has 0 heterocycles. The number of phenols is 3. The number of carboxylic acid groups (broad SMARTS) is 3. The Morgan fingerprint density at radius 2 is 1.37 bits per heavy atom. The highest BCUT2D eigenvalue weighted by molar-refractivity contribution is 5.74. The minimum atomic E-state index is -1.10. The Bertz CT molecular complexity index is 1150. The maximum Gasteiger partial charge on any atom is 0.320 e. The minimum Gasteiger partial charge on any atom is -0.508 e. The van der Waals surface area contributed by atoms with Gasteiger partial charge in [-0.3, -0.25) is 14.4 Å². The summed E-state index contributed by atoms with van der Waals surface area (Å²) in [4.78, 5) is 38.7. The van der Waals surface area contributed by atoms with Crippen molar-refractivity contribution < 1.29 is 54.9 Å². The first-order valence-electron chi connectivity index (χ1n) is 12.2. The van der Waals surface area contributed by atoms with Gasteiger partial charge in [-0.15, -0.1) is 0 Å². The Morgan fingerprint density at radius 1 is 0.854 bits per heavy atom. The zero-order valence-corrected chi connectivity index (χ0v) is 22.4. The van der Waals surface area contributed by atoms with E-state index < -0.39 is 30.0 Å². The molecule has 2 unspecified atom stereocenters. The Kier molecular flexibility index (Phi) is 18.0. The van der Waals surface area contributed by atoms with Crippen molar-refractivity contribution in [3.8, 4) is 17.2 Å². The van der Waals surface area contributed by atoms with Crippen LogP contribution in [0.4, 0.5) is 0 Å². The maximum atomic E-state index is 10.4. The van der Waals surface area contributed by atoms with E-state index in [-0.39, 0.29) is 36.5 Å². The van der Waals surface area contributed by atoms with Crippen molar-refractivity contribution in [2.24, 2.45) is 17.4 Å². The smallest absolute Gasteiger partial charge is 0.320 e. The fourth-order valence-electron chi connectivity index (χ4n) is 2.72. The van der Waals surface area contributed by atoms with E-state index in [1.807, 2.05) is 12.2 Å². The van der Waals surface area contributed by atoms with Crippen molar-refractivity contribution in [2.75, 3.05) is 0 Å². The molecule has 2 atom stereocenters. The molecule has 41 heavy (non-hydrogen) atoms. The zero-order valence-electron chi connectivity index (χ0n) is 22.4. The summed E-state index contributed by atoms with van der Waals surface area (Å²) in [6.07, 6.45) is 8.28. The van der Waals surface area contributed by atoms with Crippen LogP contribution in [0.25, 0.3) is 0 Å². The van der Waals surface area contributed by atoms with Crippen molar-refractivity contribution >= 4 is 17.9 Å². The maximum absolute atomic E-state index is 10.4. The number of carbonyl (C=O) groups is 3. The number of hydrogen-bond donors (Lipinski definition) is 9. The SMILES string of the molecule is CCC(=O)O.NC(Cc1ccc(O)c(O)c1)C(=O)O.NC(Cc1ccc(O)cc1)C(=O)O.NOOC1=CC=CCC1. The van der Waals surface area contributed by atoms with Gasteiger partial charge in [-0.2, -0.15) is 5.90 Å². The summed E-state index contributed by atoms with van der Waals surface area (Å²) < 4.78 is 0. The first-order chi connectivity index (χ1) is 19.3. The van der Waals surface area contributed by atoms with E-state index in [9.17, 15) is 14.4 Å². The number of nitrogens with two attached hydrogens (primary N) is 3. The normalized spacial score (nSPS) is 12.8. The molecule has 0 amide bonds. The molecule has 14 nitrogen and oxygen atoms in total. The standard InChI is InChI=1S/C9H11NO4.C9H11NO3.C6H9NO2.C3H6O2/c10-6(9(13)14)3-5-1-2-7(11)8(12)4-5;10-8(9(12)13)5-6-1-3-7(11)4-2-6;7-9-8-6-4-2-1-3-5-6;1-2-3(4)5/h1-2,4,6,11-12H,3,10H2,(H,13,14);1-4,8,11H,5,10H2,(H,12,13);1-2,4H,3,5,7H2;2H2,1H3,(H,4,5). The van der Waals surface area contributed by atoms with Crippen molar-refractivity contribution in [3.05, 3.63) is 77.6 Å². The number of hydrogen-bond acceptors (Lipinski definition) is 11. The lowest BCUT2D eigenvalue weighted by Crippen LogP contribution is -2.32. The Labute approximate surface area is 236 Å². The van der Waals surface area contributed by atoms with Gasteiger partial charge in [0.05, 0.1) is 0 Å². The van der Waals surface area contributed by atoms with E-state index in [1.54, 1.807) is 19.1 Å². The van der Waals surface area contributed by atoms with Gasteiger partial charge >= 0.3 is 17.9 Å². The summed E-state index contributed by atoms with van der Waals surface area (Å²) in [5.41, 5.74) is 12.0.